The maximum atomic E-state index is 12.3. The Bertz CT molecular complexity index is 673. The Balaban J connectivity index is 1.42. The molecule has 6 nitrogen and oxygen atoms in total. The number of hydrogen-bond acceptors (Lipinski definition) is 6. The highest BCUT2D eigenvalue weighted by Gasteiger charge is 2.21. The summed E-state index contributed by atoms with van der Waals surface area (Å²) in [5.41, 5.74) is 1.10. The highest BCUT2D eigenvalue weighted by molar-refractivity contribution is 7.98. The minimum absolute atomic E-state index is 0.0381. The van der Waals surface area contributed by atoms with E-state index < -0.39 is 0 Å². The van der Waals surface area contributed by atoms with Crippen molar-refractivity contribution < 1.29 is 9.53 Å². The smallest absolute Gasteiger partial charge is 0.260 e. The molecule has 1 amide bonds. The second-order valence-electron chi connectivity index (χ2n) is 5.84. The molecule has 132 valence electrons. The van der Waals surface area contributed by atoms with Crippen molar-refractivity contribution in [3.63, 3.8) is 0 Å². The highest BCUT2D eigenvalue weighted by atomic mass is 32.2. The molecule has 1 aliphatic heterocycles. The van der Waals surface area contributed by atoms with Crippen molar-refractivity contribution in [2.75, 3.05) is 39.0 Å². The van der Waals surface area contributed by atoms with Gasteiger partial charge >= 0.3 is 0 Å². The SMILES string of the molecule is CSc1ncc(CN2CCN(C(=O)COc3ccccc3)CC2)cn1. The quantitative estimate of drug-likeness (QED) is 0.581. The molecule has 2 heterocycles. The van der Waals surface area contributed by atoms with Crippen LogP contribution in [0.25, 0.3) is 0 Å². The van der Waals surface area contributed by atoms with E-state index in [-0.39, 0.29) is 12.5 Å². The van der Waals surface area contributed by atoms with Crippen molar-refractivity contribution in [3.05, 3.63) is 48.3 Å². The van der Waals surface area contributed by atoms with Gasteiger partial charge in [-0.1, -0.05) is 30.0 Å². The lowest BCUT2D eigenvalue weighted by Gasteiger charge is -2.34. The van der Waals surface area contributed by atoms with Gasteiger partial charge in [0.05, 0.1) is 0 Å². The van der Waals surface area contributed by atoms with Crippen molar-refractivity contribution in [3.8, 4) is 5.75 Å². The van der Waals surface area contributed by atoms with Gasteiger partial charge in [-0.15, -0.1) is 0 Å². The number of amides is 1. The van der Waals surface area contributed by atoms with Gasteiger partial charge < -0.3 is 9.64 Å². The summed E-state index contributed by atoms with van der Waals surface area (Å²) in [6, 6.07) is 9.43. The first-order chi connectivity index (χ1) is 12.2. The zero-order valence-electron chi connectivity index (χ0n) is 14.3. The fourth-order valence-corrected chi connectivity index (χ4v) is 3.01. The van der Waals surface area contributed by atoms with Crippen molar-refractivity contribution in [2.24, 2.45) is 0 Å². The van der Waals surface area contributed by atoms with Crippen LogP contribution >= 0.6 is 11.8 Å². The molecule has 0 spiro atoms. The largest absolute Gasteiger partial charge is 0.484 e. The van der Waals surface area contributed by atoms with Crippen LogP contribution in [0.2, 0.25) is 0 Å². The first kappa shape index (κ1) is 17.7. The molecule has 1 aromatic heterocycles. The monoisotopic (exact) mass is 358 g/mol. The second kappa shape index (κ2) is 8.82. The predicted molar refractivity (Wildman–Crippen MR) is 97.6 cm³/mol. The zero-order valence-corrected chi connectivity index (χ0v) is 15.1. The number of benzene rings is 1. The van der Waals surface area contributed by atoms with Crippen LogP contribution in [0, 0.1) is 0 Å². The molecule has 0 bridgehead atoms. The van der Waals surface area contributed by atoms with E-state index in [4.69, 9.17) is 4.74 Å². The zero-order chi connectivity index (χ0) is 17.5. The molecule has 1 aliphatic rings. The fourth-order valence-electron chi connectivity index (χ4n) is 2.70. The Morgan fingerprint density at radius 2 is 1.80 bits per heavy atom. The molecule has 1 saturated heterocycles. The van der Waals surface area contributed by atoms with E-state index in [1.807, 2.05) is 53.9 Å². The van der Waals surface area contributed by atoms with E-state index in [0.29, 0.717) is 0 Å². The summed E-state index contributed by atoms with van der Waals surface area (Å²) in [5, 5.41) is 0.789. The van der Waals surface area contributed by atoms with Crippen LogP contribution in [0.3, 0.4) is 0 Å². The summed E-state index contributed by atoms with van der Waals surface area (Å²) >= 11 is 1.54. The first-order valence-electron chi connectivity index (χ1n) is 8.27. The summed E-state index contributed by atoms with van der Waals surface area (Å²) in [7, 11) is 0. The minimum Gasteiger partial charge on any atom is -0.484 e. The van der Waals surface area contributed by atoms with Gasteiger partial charge in [-0.3, -0.25) is 9.69 Å². The Kier molecular flexibility index (Phi) is 6.25. The number of nitrogens with zero attached hydrogens (tertiary/aromatic N) is 4. The molecule has 0 radical (unpaired) electrons. The Hall–Kier alpha value is -2.12. The van der Waals surface area contributed by atoms with Crippen LogP contribution in [0.5, 0.6) is 5.75 Å². The highest BCUT2D eigenvalue weighted by Crippen LogP contribution is 2.12. The van der Waals surface area contributed by atoms with Crippen LogP contribution in [-0.4, -0.2) is 64.7 Å². The lowest BCUT2D eigenvalue weighted by Crippen LogP contribution is -2.49. The predicted octanol–water partition coefficient (Wildman–Crippen LogP) is 1.92. The van der Waals surface area contributed by atoms with Gasteiger partial charge in [0, 0.05) is 50.7 Å². The number of aromatic nitrogens is 2. The molecule has 0 unspecified atom stereocenters. The number of ether oxygens (including phenoxy) is 1. The Morgan fingerprint density at radius 3 is 2.44 bits per heavy atom. The molecular weight excluding hydrogens is 336 g/mol. The molecule has 0 saturated carbocycles. The van der Waals surface area contributed by atoms with Crippen molar-refractivity contribution in [1.29, 1.82) is 0 Å². The van der Waals surface area contributed by atoms with Crippen LogP contribution in [0.4, 0.5) is 0 Å². The number of hydrogen-bond donors (Lipinski definition) is 0. The molecule has 1 aromatic carbocycles. The third-order valence-electron chi connectivity index (χ3n) is 4.10. The topological polar surface area (TPSA) is 58.6 Å². The van der Waals surface area contributed by atoms with Crippen LogP contribution < -0.4 is 4.74 Å². The first-order valence-corrected chi connectivity index (χ1v) is 9.50. The standard InChI is InChI=1S/C18H22N4O2S/c1-25-18-19-11-15(12-20-18)13-21-7-9-22(10-8-21)17(23)14-24-16-5-3-2-4-6-16/h2-6,11-12H,7-10,13-14H2,1H3. The summed E-state index contributed by atoms with van der Waals surface area (Å²) in [6.45, 7) is 4.05. The molecule has 1 fully saturated rings. The van der Waals surface area contributed by atoms with Gasteiger partial charge in [-0.05, 0) is 18.4 Å². The number of rotatable bonds is 6. The van der Waals surface area contributed by atoms with Crippen LogP contribution in [0.1, 0.15) is 5.56 Å². The fraction of sp³-hybridized carbons (Fsp3) is 0.389. The van der Waals surface area contributed by atoms with Gasteiger partial charge in [-0.2, -0.15) is 0 Å². The summed E-state index contributed by atoms with van der Waals surface area (Å²) in [6.07, 6.45) is 5.72. The molecule has 25 heavy (non-hydrogen) atoms. The number of piperazine rings is 1. The number of carbonyl (C=O) groups is 1. The molecule has 2 aromatic rings. The molecular formula is C18H22N4O2S. The van der Waals surface area contributed by atoms with Crippen molar-refractivity contribution in [1.82, 2.24) is 19.8 Å². The van der Waals surface area contributed by atoms with E-state index in [2.05, 4.69) is 14.9 Å². The van der Waals surface area contributed by atoms with Gasteiger partial charge in [0.2, 0.25) is 0 Å². The van der Waals surface area contributed by atoms with E-state index in [9.17, 15) is 4.79 Å². The number of thioether (sulfide) groups is 1. The second-order valence-corrected chi connectivity index (χ2v) is 6.61. The van der Waals surface area contributed by atoms with E-state index >= 15 is 0 Å². The average molecular weight is 358 g/mol. The van der Waals surface area contributed by atoms with Crippen LogP contribution in [-0.2, 0) is 11.3 Å². The van der Waals surface area contributed by atoms with Gasteiger partial charge in [0.15, 0.2) is 11.8 Å². The van der Waals surface area contributed by atoms with Gasteiger partial charge in [0.1, 0.15) is 5.75 Å². The Morgan fingerprint density at radius 1 is 1.12 bits per heavy atom. The van der Waals surface area contributed by atoms with Gasteiger partial charge in [-0.25, -0.2) is 9.97 Å². The van der Waals surface area contributed by atoms with E-state index in [1.54, 1.807) is 0 Å². The van der Waals surface area contributed by atoms with Crippen LogP contribution in [0.15, 0.2) is 47.9 Å². The number of carbonyl (C=O) groups excluding carboxylic acids is 1. The molecule has 0 aliphatic carbocycles. The lowest BCUT2D eigenvalue weighted by atomic mass is 10.2. The normalized spacial score (nSPS) is 15.2. The van der Waals surface area contributed by atoms with E-state index in [0.717, 1.165) is 49.2 Å². The molecule has 3 rings (SSSR count). The maximum absolute atomic E-state index is 12.3. The summed E-state index contributed by atoms with van der Waals surface area (Å²) in [4.78, 5) is 25.1. The summed E-state index contributed by atoms with van der Waals surface area (Å²) in [5.74, 6) is 0.763. The summed E-state index contributed by atoms with van der Waals surface area (Å²) < 4.78 is 5.54. The van der Waals surface area contributed by atoms with Crippen molar-refractivity contribution >= 4 is 17.7 Å². The van der Waals surface area contributed by atoms with E-state index in [1.165, 1.54) is 11.8 Å². The molecule has 0 N–H and O–H groups in total. The third-order valence-corrected chi connectivity index (χ3v) is 4.68. The molecule has 0 atom stereocenters. The Labute approximate surface area is 152 Å². The maximum Gasteiger partial charge on any atom is 0.260 e. The minimum atomic E-state index is 0.0381. The van der Waals surface area contributed by atoms with Gasteiger partial charge in [0.25, 0.3) is 5.91 Å². The average Bonchev–Trinajstić information content (AvgIpc) is 2.68. The third kappa shape index (κ3) is 5.17. The molecule has 7 heteroatoms. The van der Waals surface area contributed by atoms with Crippen molar-refractivity contribution in [2.45, 2.75) is 11.7 Å². The lowest BCUT2D eigenvalue weighted by molar-refractivity contribution is -0.135. The number of para-hydroxylation sites is 1.